The number of hydrogen-bond acceptors (Lipinski definition) is 7. The van der Waals surface area contributed by atoms with Crippen LogP contribution in [0.15, 0.2) is 52.1 Å². The van der Waals surface area contributed by atoms with Crippen molar-refractivity contribution < 1.29 is 14.9 Å². The minimum Gasteiger partial charge on any atom is -0.491 e. The lowest BCUT2D eigenvalue weighted by atomic mass is 10.2. The molecule has 0 aliphatic heterocycles. The van der Waals surface area contributed by atoms with Gasteiger partial charge < -0.3 is 20.3 Å². The zero-order valence-corrected chi connectivity index (χ0v) is 20.1. The summed E-state index contributed by atoms with van der Waals surface area (Å²) in [6.07, 6.45) is 0.0259. The molecule has 3 aromatic rings. The molecule has 3 rings (SSSR count). The van der Waals surface area contributed by atoms with Crippen molar-refractivity contribution in [2.24, 2.45) is 5.92 Å². The molecule has 0 amide bonds. The molecule has 0 atom stereocenters. The summed E-state index contributed by atoms with van der Waals surface area (Å²) in [5.74, 6) is 0.148. The van der Waals surface area contributed by atoms with Gasteiger partial charge in [-0.25, -0.2) is 14.2 Å². The zero-order valence-electron chi connectivity index (χ0n) is 19.4. The number of anilines is 2. The summed E-state index contributed by atoms with van der Waals surface area (Å²) >= 11 is 5.98. The molecule has 0 saturated carbocycles. The summed E-state index contributed by atoms with van der Waals surface area (Å²) in [7, 11) is 0. The van der Waals surface area contributed by atoms with E-state index in [2.05, 4.69) is 10.3 Å². The second-order valence-corrected chi connectivity index (χ2v) is 8.76. The Labute approximate surface area is 202 Å². The Morgan fingerprint density at radius 3 is 2.32 bits per heavy atom. The van der Waals surface area contributed by atoms with E-state index in [1.807, 2.05) is 32.9 Å². The Morgan fingerprint density at radius 2 is 1.74 bits per heavy atom. The van der Waals surface area contributed by atoms with Crippen molar-refractivity contribution in [2.45, 2.75) is 40.0 Å². The summed E-state index contributed by atoms with van der Waals surface area (Å²) in [6.45, 7) is 5.02. The van der Waals surface area contributed by atoms with Crippen LogP contribution in [0.3, 0.4) is 0 Å². The first kappa shape index (κ1) is 25.5. The second kappa shape index (κ2) is 11.3. The minimum atomic E-state index is -0.775. The molecular weight excluding hydrogens is 460 g/mol. The van der Waals surface area contributed by atoms with Crippen LogP contribution >= 0.6 is 11.6 Å². The van der Waals surface area contributed by atoms with Crippen LogP contribution in [0.4, 0.5) is 11.6 Å². The number of nitrogens with one attached hydrogen (secondary N) is 1. The third-order valence-electron chi connectivity index (χ3n) is 5.15. The van der Waals surface area contributed by atoms with E-state index in [4.69, 9.17) is 16.3 Å². The van der Waals surface area contributed by atoms with Gasteiger partial charge in [0.05, 0.1) is 12.6 Å². The maximum Gasteiger partial charge on any atom is 0.354 e. The lowest BCUT2D eigenvalue weighted by molar-refractivity contribution is 0.134. The van der Waals surface area contributed by atoms with Crippen molar-refractivity contribution in [1.29, 1.82) is 0 Å². The molecule has 3 N–H and O–H groups in total. The molecule has 34 heavy (non-hydrogen) atoms. The van der Waals surface area contributed by atoms with Gasteiger partial charge in [0.1, 0.15) is 5.75 Å². The summed E-state index contributed by atoms with van der Waals surface area (Å²) in [4.78, 5) is 30.1. The summed E-state index contributed by atoms with van der Waals surface area (Å²) in [5.41, 5.74) is 0.904. The molecule has 182 valence electrons. The molecule has 1 heterocycles. The molecule has 2 aromatic carbocycles. The molecule has 9 nitrogen and oxygen atoms in total. The number of aromatic nitrogens is 3. The lowest BCUT2D eigenvalue weighted by Gasteiger charge is -2.18. The summed E-state index contributed by atoms with van der Waals surface area (Å²) < 4.78 is 8.03. The molecule has 10 heteroatoms. The average molecular weight is 489 g/mol. The summed E-state index contributed by atoms with van der Waals surface area (Å²) in [5, 5.41) is 22.5. The van der Waals surface area contributed by atoms with E-state index in [1.54, 1.807) is 30.3 Å². The molecule has 0 fully saturated rings. The highest BCUT2D eigenvalue weighted by atomic mass is 35.5. The number of benzene rings is 2. The fraction of sp³-hybridized carbons (Fsp3) is 0.375. The van der Waals surface area contributed by atoms with Crippen LogP contribution in [0.2, 0.25) is 5.02 Å². The van der Waals surface area contributed by atoms with Crippen LogP contribution in [0, 0.1) is 12.8 Å². The van der Waals surface area contributed by atoms with Gasteiger partial charge in [0.2, 0.25) is 5.95 Å². The number of aliphatic hydroxyl groups excluding tert-OH is 2. The van der Waals surface area contributed by atoms with Crippen molar-refractivity contribution in [3.05, 3.63) is 79.6 Å². The molecule has 1 aromatic heterocycles. The Bertz CT molecular complexity index is 1230. The van der Waals surface area contributed by atoms with Crippen LogP contribution < -0.4 is 21.4 Å². The number of rotatable bonds is 10. The number of nitrogens with zero attached hydrogens (tertiary/aromatic N) is 3. The van der Waals surface area contributed by atoms with E-state index in [0.29, 0.717) is 10.7 Å². The highest BCUT2D eigenvalue weighted by Gasteiger charge is 2.17. The number of aliphatic hydroxyl groups is 2. The van der Waals surface area contributed by atoms with Gasteiger partial charge in [-0.1, -0.05) is 23.7 Å². The molecule has 0 radical (unpaired) electrons. The summed E-state index contributed by atoms with van der Waals surface area (Å²) in [6, 6.07) is 12.4. The molecule has 0 spiro atoms. The number of aryl methyl sites for hydroxylation is 1. The van der Waals surface area contributed by atoms with Gasteiger partial charge in [0.15, 0.2) is 0 Å². The molecular formula is C24H29ClN4O5. The first-order valence-electron chi connectivity index (χ1n) is 10.9. The average Bonchev–Trinajstić information content (AvgIpc) is 2.79. The standard InChI is InChI=1S/C24H29ClN4O5/c1-15(2)34-21-9-8-20(10-16(21)3)26-22-27-23(32)29(12-18(13-30)14-31)24(33)28(22)11-17-4-6-19(25)7-5-17/h4-10,15,18,30-31H,11-14H2,1-3H3,(H,26,27,32). The van der Waals surface area contributed by atoms with Gasteiger partial charge >= 0.3 is 11.4 Å². The van der Waals surface area contributed by atoms with Gasteiger partial charge in [-0.2, -0.15) is 4.98 Å². The number of hydrogen-bond donors (Lipinski definition) is 3. The third kappa shape index (κ3) is 6.25. The maximum atomic E-state index is 13.3. The van der Waals surface area contributed by atoms with E-state index >= 15 is 0 Å². The largest absolute Gasteiger partial charge is 0.491 e. The van der Waals surface area contributed by atoms with Gasteiger partial charge in [0, 0.05) is 36.4 Å². The highest BCUT2D eigenvalue weighted by Crippen LogP contribution is 2.24. The first-order chi connectivity index (χ1) is 16.2. The zero-order chi connectivity index (χ0) is 24.8. The van der Waals surface area contributed by atoms with Crippen LogP contribution in [-0.4, -0.2) is 43.6 Å². The quantitative estimate of drug-likeness (QED) is 0.401. The SMILES string of the molecule is Cc1cc(Nc2nc(=O)n(CC(CO)CO)c(=O)n2Cc2ccc(Cl)cc2)ccc1OC(C)C. The van der Waals surface area contributed by atoms with Crippen molar-refractivity contribution >= 4 is 23.2 Å². The monoisotopic (exact) mass is 488 g/mol. The van der Waals surface area contributed by atoms with Gasteiger partial charge in [-0.3, -0.25) is 4.57 Å². The van der Waals surface area contributed by atoms with E-state index in [9.17, 15) is 19.8 Å². The first-order valence-corrected chi connectivity index (χ1v) is 11.3. The van der Waals surface area contributed by atoms with Crippen molar-refractivity contribution in [2.75, 3.05) is 18.5 Å². The van der Waals surface area contributed by atoms with Crippen LogP contribution in [-0.2, 0) is 13.1 Å². The second-order valence-electron chi connectivity index (χ2n) is 8.33. The molecule has 0 saturated heterocycles. The highest BCUT2D eigenvalue weighted by molar-refractivity contribution is 6.30. The Morgan fingerprint density at radius 1 is 1.06 bits per heavy atom. The van der Waals surface area contributed by atoms with Crippen molar-refractivity contribution in [3.8, 4) is 5.75 Å². The van der Waals surface area contributed by atoms with E-state index < -0.39 is 17.3 Å². The molecule has 0 aliphatic rings. The van der Waals surface area contributed by atoms with Crippen molar-refractivity contribution in [1.82, 2.24) is 14.1 Å². The van der Waals surface area contributed by atoms with Gasteiger partial charge in [-0.05, 0) is 62.2 Å². The number of halogens is 1. The van der Waals surface area contributed by atoms with Crippen molar-refractivity contribution in [3.63, 3.8) is 0 Å². The lowest BCUT2D eigenvalue weighted by Crippen LogP contribution is -2.44. The number of ether oxygens (including phenoxy) is 1. The van der Waals surface area contributed by atoms with E-state index in [-0.39, 0.29) is 38.4 Å². The molecule has 0 unspecified atom stereocenters. The van der Waals surface area contributed by atoms with Gasteiger partial charge in [0.25, 0.3) is 0 Å². The Balaban J connectivity index is 2.04. The maximum absolute atomic E-state index is 13.3. The normalized spacial score (nSPS) is 11.3. The van der Waals surface area contributed by atoms with E-state index in [1.165, 1.54) is 4.57 Å². The van der Waals surface area contributed by atoms with Gasteiger partial charge in [-0.15, -0.1) is 0 Å². The Hall–Kier alpha value is -3.14. The smallest absolute Gasteiger partial charge is 0.354 e. The predicted molar refractivity (Wildman–Crippen MR) is 131 cm³/mol. The fourth-order valence-corrected chi connectivity index (χ4v) is 3.50. The minimum absolute atomic E-state index is 0.0259. The van der Waals surface area contributed by atoms with Crippen LogP contribution in [0.25, 0.3) is 0 Å². The molecule has 0 aliphatic carbocycles. The fourth-order valence-electron chi connectivity index (χ4n) is 3.37. The Kier molecular flexibility index (Phi) is 8.49. The van der Waals surface area contributed by atoms with Crippen LogP contribution in [0.5, 0.6) is 5.75 Å². The van der Waals surface area contributed by atoms with Crippen LogP contribution in [0.1, 0.15) is 25.0 Å². The molecule has 0 bridgehead atoms. The third-order valence-corrected chi connectivity index (χ3v) is 5.41. The topological polar surface area (TPSA) is 119 Å². The predicted octanol–water partition coefficient (Wildman–Crippen LogP) is 2.55. The van der Waals surface area contributed by atoms with E-state index in [0.717, 1.165) is 21.4 Å².